The van der Waals surface area contributed by atoms with Gasteiger partial charge in [-0.1, -0.05) is 72.8 Å². The van der Waals surface area contributed by atoms with Crippen LogP contribution in [-0.4, -0.2) is 10.2 Å². The lowest BCUT2D eigenvalue weighted by Gasteiger charge is -2.27. The number of nitrogens with zero attached hydrogens (tertiary/aromatic N) is 1. The maximum Gasteiger partial charge on any atom is 0.118 e. The predicted octanol–water partition coefficient (Wildman–Crippen LogP) is 2.06. The highest BCUT2D eigenvalue weighted by Gasteiger charge is 2.46. The summed E-state index contributed by atoms with van der Waals surface area (Å²) >= 11 is 0. The Kier molecular flexibility index (Phi) is 5.99. The van der Waals surface area contributed by atoms with Crippen LogP contribution in [0.2, 0.25) is 0 Å². The Hall–Kier alpha value is -2.93. The van der Waals surface area contributed by atoms with Crippen molar-refractivity contribution in [3.8, 4) is 0 Å². The lowest BCUT2D eigenvalue weighted by molar-refractivity contribution is -0.00000567. The van der Waals surface area contributed by atoms with Crippen molar-refractivity contribution in [3.63, 3.8) is 0 Å². The summed E-state index contributed by atoms with van der Waals surface area (Å²) in [5.74, 6) is 0. The summed E-state index contributed by atoms with van der Waals surface area (Å²) < 4.78 is 0. The topological polar surface area (TPSA) is 28.7 Å². The second kappa shape index (κ2) is 8.83. The number of para-hydroxylation sites is 1. The molecule has 148 valence electrons. The molecule has 0 aliphatic heterocycles. The van der Waals surface area contributed by atoms with Crippen LogP contribution in [0.25, 0.3) is 10.9 Å². The second-order valence-corrected chi connectivity index (χ2v) is 10.7. The molecule has 0 fully saturated rings. The molecule has 0 radical (unpaired) electrons. The normalized spacial score (nSPS) is 11.2. The van der Waals surface area contributed by atoms with E-state index in [0.29, 0.717) is 0 Å². The maximum absolute atomic E-state index is 4.58. The SMILES string of the molecule is [Cl-].c1ccc([P+](Cc2[nH]nc3ccccc23)(c2ccccc2)c2ccccc2)cc1. The van der Waals surface area contributed by atoms with Crippen molar-refractivity contribution in [1.29, 1.82) is 0 Å². The number of halogens is 1. The Balaban J connectivity index is 0.00000218. The second-order valence-electron chi connectivity index (χ2n) is 7.19. The van der Waals surface area contributed by atoms with Crippen molar-refractivity contribution in [2.24, 2.45) is 0 Å². The first-order valence-electron chi connectivity index (χ1n) is 9.85. The lowest BCUT2D eigenvalue weighted by Crippen LogP contribution is -3.00. The number of hydrogen-bond acceptors (Lipinski definition) is 1. The molecule has 5 rings (SSSR count). The van der Waals surface area contributed by atoms with Gasteiger partial charge >= 0.3 is 0 Å². The molecule has 1 N–H and O–H groups in total. The molecule has 1 aromatic heterocycles. The third kappa shape index (κ3) is 3.54. The molecule has 0 aliphatic carbocycles. The van der Waals surface area contributed by atoms with Crippen molar-refractivity contribution < 1.29 is 12.4 Å². The summed E-state index contributed by atoms with van der Waals surface area (Å²) in [6, 6.07) is 41.3. The molecule has 30 heavy (non-hydrogen) atoms. The van der Waals surface area contributed by atoms with Crippen LogP contribution in [0.3, 0.4) is 0 Å². The first kappa shape index (κ1) is 20.3. The Labute approximate surface area is 183 Å². The minimum Gasteiger partial charge on any atom is -1.00 e. The van der Waals surface area contributed by atoms with Crippen LogP contribution in [0.15, 0.2) is 115 Å². The number of aromatic amines is 1. The minimum atomic E-state index is -1.92. The molecule has 4 heteroatoms. The first-order valence-corrected chi connectivity index (χ1v) is 11.8. The molecule has 4 aromatic carbocycles. The maximum atomic E-state index is 4.58. The Morgan fingerprint density at radius 3 is 1.50 bits per heavy atom. The van der Waals surface area contributed by atoms with Gasteiger partial charge in [0.2, 0.25) is 0 Å². The molecule has 0 amide bonds. The van der Waals surface area contributed by atoms with E-state index in [1.54, 1.807) is 0 Å². The van der Waals surface area contributed by atoms with Crippen LogP contribution >= 0.6 is 7.26 Å². The van der Waals surface area contributed by atoms with Gasteiger partial charge in [-0.3, -0.25) is 5.10 Å². The number of benzene rings is 4. The molecule has 0 bridgehead atoms. The molecule has 1 heterocycles. The van der Waals surface area contributed by atoms with Crippen LogP contribution in [0.4, 0.5) is 0 Å². The number of H-pyrrole nitrogens is 1. The number of rotatable bonds is 5. The van der Waals surface area contributed by atoms with Crippen LogP contribution in [0, 0.1) is 0 Å². The van der Waals surface area contributed by atoms with Crippen molar-refractivity contribution in [2.75, 3.05) is 0 Å². The van der Waals surface area contributed by atoms with Gasteiger partial charge in [-0.2, -0.15) is 5.10 Å². The molecule has 0 aliphatic rings. The third-order valence-corrected chi connectivity index (χ3v) is 9.86. The summed E-state index contributed by atoms with van der Waals surface area (Å²) in [5, 5.41) is 13.3. The monoisotopic (exact) mass is 428 g/mol. The Bertz CT molecular complexity index is 1120. The number of nitrogens with one attached hydrogen (secondary N) is 1. The van der Waals surface area contributed by atoms with E-state index in [4.69, 9.17) is 0 Å². The highest BCUT2D eigenvalue weighted by Crippen LogP contribution is 2.58. The average molecular weight is 429 g/mol. The van der Waals surface area contributed by atoms with Gasteiger partial charge < -0.3 is 12.4 Å². The van der Waals surface area contributed by atoms with E-state index in [-0.39, 0.29) is 12.4 Å². The summed E-state index contributed by atoms with van der Waals surface area (Å²) in [6.45, 7) is 0. The molecule has 0 spiro atoms. The van der Waals surface area contributed by atoms with E-state index in [1.807, 2.05) is 6.07 Å². The molecule has 0 atom stereocenters. The highest BCUT2D eigenvalue weighted by molar-refractivity contribution is 7.95. The fraction of sp³-hybridized carbons (Fsp3) is 0.0385. The predicted molar refractivity (Wildman–Crippen MR) is 125 cm³/mol. The average Bonchev–Trinajstić information content (AvgIpc) is 3.22. The van der Waals surface area contributed by atoms with Gasteiger partial charge in [-0.15, -0.1) is 0 Å². The van der Waals surface area contributed by atoms with E-state index in [1.165, 1.54) is 27.0 Å². The Morgan fingerprint density at radius 1 is 0.567 bits per heavy atom. The highest BCUT2D eigenvalue weighted by atomic mass is 35.5. The van der Waals surface area contributed by atoms with Crippen molar-refractivity contribution in [3.05, 3.63) is 121 Å². The minimum absolute atomic E-state index is 0. The van der Waals surface area contributed by atoms with E-state index in [9.17, 15) is 0 Å². The quantitative estimate of drug-likeness (QED) is 0.426. The van der Waals surface area contributed by atoms with Crippen molar-refractivity contribution in [2.45, 2.75) is 6.16 Å². The number of hydrogen-bond donors (Lipinski definition) is 1. The van der Waals surface area contributed by atoms with E-state index in [0.717, 1.165) is 11.7 Å². The Morgan fingerprint density at radius 2 is 1.00 bits per heavy atom. The zero-order valence-corrected chi connectivity index (χ0v) is 18.1. The molecule has 0 saturated carbocycles. The zero-order valence-electron chi connectivity index (χ0n) is 16.4. The van der Waals surface area contributed by atoms with Crippen LogP contribution < -0.4 is 28.3 Å². The van der Waals surface area contributed by atoms with Gasteiger partial charge in [0, 0.05) is 5.39 Å². The summed E-state index contributed by atoms with van der Waals surface area (Å²) in [4.78, 5) is 0. The van der Waals surface area contributed by atoms with Gasteiger partial charge in [-0.05, 0) is 42.5 Å². The van der Waals surface area contributed by atoms with Crippen LogP contribution in [-0.2, 0) is 6.16 Å². The standard InChI is InChI=1S/C26H22N2P.ClH/c1-4-12-21(13-5-1)29(22-14-6-2-7-15-22,23-16-8-3-9-17-23)20-26-24-18-10-11-19-25(24)27-28-26;/h1-19H,20H2,(H,27,28);1H/q+1;/p-1. The fourth-order valence-corrected chi connectivity index (χ4v) is 8.34. The lowest BCUT2D eigenvalue weighted by atomic mass is 10.2. The number of fused-ring (bicyclic) bond motifs is 1. The van der Waals surface area contributed by atoms with E-state index >= 15 is 0 Å². The van der Waals surface area contributed by atoms with Crippen molar-refractivity contribution in [1.82, 2.24) is 10.2 Å². The zero-order chi connectivity index (χ0) is 19.5. The summed E-state index contributed by atoms with van der Waals surface area (Å²) in [7, 11) is -1.92. The van der Waals surface area contributed by atoms with Gasteiger partial charge in [-0.25, -0.2) is 0 Å². The molecule has 0 unspecified atom stereocenters. The molecular weight excluding hydrogens is 407 g/mol. The molecule has 0 saturated heterocycles. The summed E-state index contributed by atoms with van der Waals surface area (Å²) in [5.41, 5.74) is 2.22. The van der Waals surface area contributed by atoms with E-state index in [2.05, 4.69) is 119 Å². The number of aromatic nitrogens is 2. The largest absolute Gasteiger partial charge is 1.00 e. The smallest absolute Gasteiger partial charge is 0.118 e. The van der Waals surface area contributed by atoms with Gasteiger partial charge in [0.25, 0.3) is 0 Å². The molecular formula is C26H22ClN2P. The first-order chi connectivity index (χ1) is 14.4. The van der Waals surface area contributed by atoms with Crippen LogP contribution in [0.1, 0.15) is 5.69 Å². The summed E-state index contributed by atoms with van der Waals surface area (Å²) in [6.07, 6.45) is 0.908. The van der Waals surface area contributed by atoms with Gasteiger partial charge in [0.15, 0.2) is 0 Å². The molecule has 5 aromatic rings. The van der Waals surface area contributed by atoms with Gasteiger partial charge in [0.05, 0.1) is 11.2 Å². The molecule has 2 nitrogen and oxygen atoms in total. The third-order valence-electron chi connectivity index (χ3n) is 5.53. The van der Waals surface area contributed by atoms with Crippen LogP contribution in [0.5, 0.6) is 0 Å². The fourth-order valence-electron chi connectivity index (χ4n) is 4.14. The van der Waals surface area contributed by atoms with E-state index < -0.39 is 7.26 Å². The van der Waals surface area contributed by atoms with Gasteiger partial charge in [0.1, 0.15) is 29.3 Å². The van der Waals surface area contributed by atoms with Crippen molar-refractivity contribution >= 4 is 34.1 Å².